The van der Waals surface area contributed by atoms with Gasteiger partial charge in [0.05, 0.1) is 11.1 Å². The van der Waals surface area contributed by atoms with Gasteiger partial charge in [0.15, 0.2) is 0 Å². The van der Waals surface area contributed by atoms with E-state index in [1.54, 1.807) is 36.7 Å². The van der Waals surface area contributed by atoms with Gasteiger partial charge in [-0.15, -0.1) is 0 Å². The molecule has 0 aliphatic carbocycles. The normalized spacial score (nSPS) is 10.2. The molecule has 1 heterocycles. The first-order chi connectivity index (χ1) is 11.7. The summed E-state index contributed by atoms with van der Waals surface area (Å²) in [5.41, 5.74) is 1.99. The summed E-state index contributed by atoms with van der Waals surface area (Å²) >= 11 is 0. The number of carboxylic acids is 1. The van der Waals surface area contributed by atoms with Crippen LogP contribution in [0.5, 0.6) is 0 Å². The minimum atomic E-state index is -1.15. The van der Waals surface area contributed by atoms with Gasteiger partial charge in [0.1, 0.15) is 0 Å². The van der Waals surface area contributed by atoms with Crippen LogP contribution in [0, 0.1) is 0 Å². The van der Waals surface area contributed by atoms with Gasteiger partial charge in [0.2, 0.25) is 0 Å². The molecule has 0 radical (unpaired) electrons. The zero-order valence-electron chi connectivity index (χ0n) is 12.6. The second kappa shape index (κ2) is 6.75. The lowest BCUT2D eigenvalue weighted by molar-refractivity contribution is 0.0692. The summed E-state index contributed by atoms with van der Waals surface area (Å²) in [6, 6.07) is 17.3. The Kier molecular flexibility index (Phi) is 4.34. The number of hydrogen-bond acceptors (Lipinski definition) is 3. The fraction of sp³-hybridized carbons (Fsp3) is 0. The maximum atomic E-state index is 12.7. The molecule has 118 valence electrons. The number of carbonyl (C=O) groups excluding carboxylic acids is 1. The maximum Gasteiger partial charge on any atom is 0.336 e. The molecular formula is C19H14N2O3. The molecule has 0 bridgehead atoms. The summed E-state index contributed by atoms with van der Waals surface area (Å²) in [6.07, 6.45) is 3.10. The third kappa shape index (κ3) is 3.15. The van der Waals surface area contributed by atoms with Crippen LogP contribution < -0.4 is 5.32 Å². The van der Waals surface area contributed by atoms with Crippen LogP contribution in [0.3, 0.4) is 0 Å². The Morgan fingerprint density at radius 2 is 1.58 bits per heavy atom. The highest BCUT2D eigenvalue weighted by Gasteiger charge is 2.21. The molecule has 0 saturated carbocycles. The van der Waals surface area contributed by atoms with E-state index < -0.39 is 11.9 Å². The number of aromatic nitrogens is 1. The summed E-state index contributed by atoms with van der Waals surface area (Å²) in [5.74, 6) is -1.62. The second-order valence-corrected chi connectivity index (χ2v) is 5.09. The lowest BCUT2D eigenvalue weighted by Crippen LogP contribution is -2.17. The number of carboxylic acid groups (broad SMARTS) is 1. The number of hydrogen-bond donors (Lipinski definition) is 2. The first-order valence-corrected chi connectivity index (χ1v) is 7.30. The highest BCUT2D eigenvalue weighted by molar-refractivity contribution is 6.14. The highest BCUT2D eigenvalue weighted by atomic mass is 16.4. The topological polar surface area (TPSA) is 79.3 Å². The van der Waals surface area contributed by atoms with Gasteiger partial charge in [-0.25, -0.2) is 4.79 Å². The molecule has 5 nitrogen and oxygen atoms in total. The van der Waals surface area contributed by atoms with E-state index >= 15 is 0 Å². The van der Waals surface area contributed by atoms with Gasteiger partial charge < -0.3 is 10.4 Å². The number of nitrogens with zero attached hydrogens (tertiary/aromatic N) is 1. The first-order valence-electron chi connectivity index (χ1n) is 7.30. The molecule has 3 rings (SSSR count). The lowest BCUT2D eigenvalue weighted by atomic mass is 9.94. The first kappa shape index (κ1) is 15.4. The van der Waals surface area contributed by atoms with E-state index in [1.165, 1.54) is 6.07 Å². The van der Waals surface area contributed by atoms with Crippen molar-refractivity contribution >= 4 is 17.6 Å². The van der Waals surface area contributed by atoms with Gasteiger partial charge in [-0.2, -0.15) is 0 Å². The summed E-state index contributed by atoms with van der Waals surface area (Å²) in [5, 5.41) is 12.2. The van der Waals surface area contributed by atoms with Crippen LogP contribution in [0.1, 0.15) is 20.7 Å². The Morgan fingerprint density at radius 3 is 2.25 bits per heavy atom. The quantitative estimate of drug-likeness (QED) is 0.769. The van der Waals surface area contributed by atoms with E-state index in [4.69, 9.17) is 0 Å². The van der Waals surface area contributed by atoms with Gasteiger partial charge in [0.25, 0.3) is 5.91 Å². The van der Waals surface area contributed by atoms with Gasteiger partial charge in [-0.1, -0.05) is 42.5 Å². The van der Waals surface area contributed by atoms with Crippen LogP contribution in [-0.4, -0.2) is 22.0 Å². The zero-order valence-corrected chi connectivity index (χ0v) is 12.6. The van der Waals surface area contributed by atoms with Crippen LogP contribution >= 0.6 is 0 Å². The van der Waals surface area contributed by atoms with Crippen molar-refractivity contribution in [3.8, 4) is 11.1 Å². The molecule has 24 heavy (non-hydrogen) atoms. The van der Waals surface area contributed by atoms with Gasteiger partial charge in [-0.05, 0) is 29.3 Å². The van der Waals surface area contributed by atoms with Crippen molar-refractivity contribution in [1.29, 1.82) is 0 Å². The van der Waals surface area contributed by atoms with E-state index in [1.807, 2.05) is 30.3 Å². The molecule has 0 unspecified atom stereocenters. The minimum Gasteiger partial charge on any atom is -0.478 e. The smallest absolute Gasteiger partial charge is 0.336 e. The molecular weight excluding hydrogens is 304 g/mol. The number of pyridine rings is 1. The summed E-state index contributed by atoms with van der Waals surface area (Å²) in [6.45, 7) is 0. The number of aromatic carboxylic acids is 1. The van der Waals surface area contributed by atoms with E-state index in [-0.39, 0.29) is 11.1 Å². The molecule has 1 amide bonds. The van der Waals surface area contributed by atoms with Crippen molar-refractivity contribution < 1.29 is 14.7 Å². The third-order valence-corrected chi connectivity index (χ3v) is 3.54. The van der Waals surface area contributed by atoms with Gasteiger partial charge in [-0.3, -0.25) is 9.78 Å². The summed E-state index contributed by atoms with van der Waals surface area (Å²) < 4.78 is 0. The minimum absolute atomic E-state index is 0.0390. The predicted octanol–water partition coefficient (Wildman–Crippen LogP) is 3.70. The SMILES string of the molecule is O=C(O)c1cccc(-c2ccccc2)c1C(=O)Nc1ccncc1. The molecule has 0 fully saturated rings. The van der Waals surface area contributed by atoms with Crippen LogP contribution in [0.15, 0.2) is 73.1 Å². The fourth-order valence-electron chi connectivity index (χ4n) is 2.46. The largest absolute Gasteiger partial charge is 0.478 e. The number of rotatable bonds is 4. The van der Waals surface area contributed by atoms with Crippen molar-refractivity contribution in [2.75, 3.05) is 5.32 Å². The molecule has 2 N–H and O–H groups in total. The van der Waals surface area contributed by atoms with E-state index in [0.717, 1.165) is 5.56 Å². The molecule has 2 aromatic carbocycles. The average Bonchev–Trinajstić information content (AvgIpc) is 2.62. The number of carbonyl (C=O) groups is 2. The van der Waals surface area contributed by atoms with Crippen molar-refractivity contribution in [1.82, 2.24) is 4.98 Å². The van der Waals surface area contributed by atoms with Crippen molar-refractivity contribution in [3.63, 3.8) is 0 Å². The number of nitrogens with one attached hydrogen (secondary N) is 1. The molecule has 0 aliphatic rings. The molecule has 0 spiro atoms. The predicted molar refractivity (Wildman–Crippen MR) is 91.0 cm³/mol. The van der Waals surface area contributed by atoms with Crippen molar-refractivity contribution in [2.24, 2.45) is 0 Å². The maximum absolute atomic E-state index is 12.7. The Morgan fingerprint density at radius 1 is 0.875 bits per heavy atom. The number of benzene rings is 2. The lowest BCUT2D eigenvalue weighted by Gasteiger charge is -2.13. The number of anilines is 1. The van der Waals surface area contributed by atoms with Crippen LogP contribution in [-0.2, 0) is 0 Å². The summed E-state index contributed by atoms with van der Waals surface area (Å²) in [7, 11) is 0. The Bertz CT molecular complexity index is 878. The monoisotopic (exact) mass is 318 g/mol. The molecule has 0 aliphatic heterocycles. The highest BCUT2D eigenvalue weighted by Crippen LogP contribution is 2.27. The number of amides is 1. The van der Waals surface area contributed by atoms with Gasteiger partial charge in [0, 0.05) is 18.1 Å². The van der Waals surface area contributed by atoms with E-state index in [2.05, 4.69) is 10.3 Å². The van der Waals surface area contributed by atoms with Gasteiger partial charge >= 0.3 is 5.97 Å². The molecule has 5 heteroatoms. The summed E-state index contributed by atoms with van der Waals surface area (Å²) in [4.78, 5) is 28.2. The Labute approximate surface area is 138 Å². The Hall–Kier alpha value is -3.47. The standard InChI is InChI=1S/C19H14N2O3/c22-18(21-14-9-11-20-12-10-14)17-15(13-5-2-1-3-6-13)7-4-8-16(17)19(23)24/h1-12H,(H,23,24)(H,20,21,22). The fourth-order valence-corrected chi connectivity index (χ4v) is 2.46. The Balaban J connectivity index is 2.10. The van der Waals surface area contributed by atoms with E-state index in [0.29, 0.717) is 11.3 Å². The third-order valence-electron chi connectivity index (χ3n) is 3.54. The average molecular weight is 318 g/mol. The van der Waals surface area contributed by atoms with Crippen LogP contribution in [0.25, 0.3) is 11.1 Å². The molecule has 1 aromatic heterocycles. The molecule has 0 atom stereocenters. The van der Waals surface area contributed by atoms with Crippen LogP contribution in [0.2, 0.25) is 0 Å². The van der Waals surface area contributed by atoms with Crippen molar-refractivity contribution in [3.05, 3.63) is 84.2 Å². The zero-order chi connectivity index (χ0) is 16.9. The van der Waals surface area contributed by atoms with Crippen molar-refractivity contribution in [2.45, 2.75) is 0 Å². The van der Waals surface area contributed by atoms with E-state index in [9.17, 15) is 14.7 Å². The molecule has 0 saturated heterocycles. The second-order valence-electron chi connectivity index (χ2n) is 5.09. The molecule has 3 aromatic rings. The van der Waals surface area contributed by atoms with Crippen LogP contribution in [0.4, 0.5) is 5.69 Å².